The van der Waals surface area contributed by atoms with Crippen LogP contribution in [0.4, 0.5) is 0 Å². The molecule has 0 aliphatic rings. The van der Waals surface area contributed by atoms with Gasteiger partial charge in [-0.2, -0.15) is 0 Å². The Kier molecular flexibility index (Phi) is 5.14. The van der Waals surface area contributed by atoms with Gasteiger partial charge in [-0.25, -0.2) is 0 Å². The van der Waals surface area contributed by atoms with Gasteiger partial charge in [0.1, 0.15) is 11.4 Å². The number of benzene rings is 1. The first-order valence-corrected chi connectivity index (χ1v) is 8.24. The first-order valence-electron chi connectivity index (χ1n) is 8.24. The van der Waals surface area contributed by atoms with E-state index in [9.17, 15) is 9.90 Å². The Morgan fingerprint density at radius 1 is 1.17 bits per heavy atom. The van der Waals surface area contributed by atoms with Gasteiger partial charge in [-0.1, -0.05) is 38.8 Å². The SMILES string of the molecule is CCCC(CCC)(c1ccc(O)c(C)c1)c1ccc(C(N)=O)[nH]1. The van der Waals surface area contributed by atoms with Crippen molar-refractivity contribution in [3.63, 3.8) is 0 Å². The van der Waals surface area contributed by atoms with Gasteiger partial charge in [-0.15, -0.1) is 0 Å². The molecule has 4 heteroatoms. The number of aryl methyl sites for hydroxylation is 1. The van der Waals surface area contributed by atoms with Gasteiger partial charge in [-0.05, 0) is 49.1 Å². The summed E-state index contributed by atoms with van der Waals surface area (Å²) in [4.78, 5) is 14.7. The van der Waals surface area contributed by atoms with Crippen LogP contribution in [-0.4, -0.2) is 16.0 Å². The molecule has 0 saturated carbocycles. The molecule has 23 heavy (non-hydrogen) atoms. The molecule has 1 aromatic heterocycles. The number of rotatable bonds is 7. The van der Waals surface area contributed by atoms with E-state index in [1.54, 1.807) is 12.1 Å². The molecule has 0 bridgehead atoms. The Labute approximate surface area is 137 Å². The number of hydrogen-bond acceptors (Lipinski definition) is 2. The molecule has 0 unspecified atom stereocenters. The van der Waals surface area contributed by atoms with Crippen molar-refractivity contribution < 1.29 is 9.90 Å². The lowest BCUT2D eigenvalue weighted by Gasteiger charge is -2.34. The fraction of sp³-hybridized carbons (Fsp3) is 0.421. The third kappa shape index (κ3) is 3.26. The van der Waals surface area contributed by atoms with Crippen LogP contribution in [0.1, 0.15) is 66.8 Å². The summed E-state index contributed by atoms with van der Waals surface area (Å²) in [7, 11) is 0. The quantitative estimate of drug-likeness (QED) is 0.722. The van der Waals surface area contributed by atoms with Gasteiger partial charge in [0.05, 0.1) is 0 Å². The zero-order valence-electron chi connectivity index (χ0n) is 14.1. The Morgan fingerprint density at radius 2 is 1.83 bits per heavy atom. The first kappa shape index (κ1) is 17.1. The summed E-state index contributed by atoms with van der Waals surface area (Å²) in [6.07, 6.45) is 3.96. The Balaban J connectivity index is 2.61. The second kappa shape index (κ2) is 6.90. The normalized spacial score (nSPS) is 11.6. The second-order valence-corrected chi connectivity index (χ2v) is 6.23. The molecule has 0 fully saturated rings. The van der Waals surface area contributed by atoms with Crippen molar-refractivity contribution in [2.75, 3.05) is 0 Å². The summed E-state index contributed by atoms with van der Waals surface area (Å²) >= 11 is 0. The van der Waals surface area contributed by atoms with Crippen LogP contribution in [0, 0.1) is 6.92 Å². The molecular weight excluding hydrogens is 288 g/mol. The average Bonchev–Trinajstić information content (AvgIpc) is 3.00. The standard InChI is InChI=1S/C19H26N2O2/c1-4-10-19(11-5-2,14-6-8-16(22)13(3)12-14)17-9-7-15(21-17)18(20)23/h6-9,12,21-22H,4-5,10-11H2,1-3H3,(H2,20,23). The highest BCUT2D eigenvalue weighted by atomic mass is 16.3. The summed E-state index contributed by atoms with van der Waals surface area (Å²) in [5.74, 6) is -0.139. The van der Waals surface area contributed by atoms with E-state index in [1.807, 2.05) is 25.1 Å². The third-order valence-electron chi connectivity index (χ3n) is 4.57. The molecule has 2 aromatic rings. The highest BCUT2D eigenvalue weighted by Crippen LogP contribution is 2.41. The summed E-state index contributed by atoms with van der Waals surface area (Å²) in [5, 5.41) is 9.85. The van der Waals surface area contributed by atoms with Crippen molar-refractivity contribution in [2.45, 2.75) is 51.9 Å². The zero-order chi connectivity index (χ0) is 17.0. The van der Waals surface area contributed by atoms with Crippen LogP contribution in [0.25, 0.3) is 0 Å². The van der Waals surface area contributed by atoms with E-state index in [0.29, 0.717) is 11.4 Å². The molecule has 2 rings (SSSR count). The minimum atomic E-state index is -0.444. The van der Waals surface area contributed by atoms with E-state index in [1.165, 1.54) is 0 Å². The minimum Gasteiger partial charge on any atom is -0.508 e. The molecule has 1 aromatic carbocycles. The van der Waals surface area contributed by atoms with Crippen LogP contribution >= 0.6 is 0 Å². The van der Waals surface area contributed by atoms with Crippen LogP contribution < -0.4 is 5.73 Å². The smallest absolute Gasteiger partial charge is 0.265 e. The Hall–Kier alpha value is -2.23. The third-order valence-corrected chi connectivity index (χ3v) is 4.57. The van der Waals surface area contributed by atoms with E-state index in [0.717, 1.165) is 42.5 Å². The number of nitrogens with two attached hydrogens (primary N) is 1. The van der Waals surface area contributed by atoms with E-state index >= 15 is 0 Å². The van der Waals surface area contributed by atoms with Crippen molar-refractivity contribution in [3.8, 4) is 5.75 Å². The van der Waals surface area contributed by atoms with Crippen LogP contribution in [0.3, 0.4) is 0 Å². The Bertz CT molecular complexity index is 682. The van der Waals surface area contributed by atoms with Crippen LogP contribution in [0.15, 0.2) is 30.3 Å². The number of aromatic hydroxyl groups is 1. The average molecular weight is 314 g/mol. The van der Waals surface area contributed by atoms with Crippen LogP contribution in [0.5, 0.6) is 5.75 Å². The summed E-state index contributed by atoms with van der Waals surface area (Å²) in [6, 6.07) is 9.51. The predicted octanol–water partition coefficient (Wildman–Crippen LogP) is 4.01. The van der Waals surface area contributed by atoms with E-state index in [4.69, 9.17) is 5.73 Å². The minimum absolute atomic E-state index is 0.199. The number of primary amides is 1. The molecule has 0 spiro atoms. The van der Waals surface area contributed by atoms with Gasteiger partial charge in [0.25, 0.3) is 5.91 Å². The second-order valence-electron chi connectivity index (χ2n) is 6.23. The summed E-state index contributed by atoms with van der Waals surface area (Å²) in [6.45, 7) is 6.23. The fourth-order valence-electron chi connectivity index (χ4n) is 3.46. The van der Waals surface area contributed by atoms with Gasteiger partial charge in [0.15, 0.2) is 0 Å². The molecular formula is C19H26N2O2. The first-order chi connectivity index (χ1) is 10.9. The number of aromatic amines is 1. The highest BCUT2D eigenvalue weighted by Gasteiger charge is 2.34. The number of hydrogen-bond donors (Lipinski definition) is 3. The molecule has 1 amide bonds. The van der Waals surface area contributed by atoms with Crippen molar-refractivity contribution in [1.29, 1.82) is 0 Å². The monoisotopic (exact) mass is 314 g/mol. The highest BCUT2D eigenvalue weighted by molar-refractivity contribution is 5.91. The number of phenolic OH excluding ortho intramolecular Hbond substituents is 1. The maximum Gasteiger partial charge on any atom is 0.265 e. The van der Waals surface area contributed by atoms with E-state index in [-0.39, 0.29) is 5.41 Å². The van der Waals surface area contributed by atoms with Crippen LogP contribution in [-0.2, 0) is 5.41 Å². The lowest BCUT2D eigenvalue weighted by atomic mass is 9.70. The molecule has 124 valence electrons. The van der Waals surface area contributed by atoms with Gasteiger partial charge >= 0.3 is 0 Å². The summed E-state index contributed by atoms with van der Waals surface area (Å²) < 4.78 is 0. The maximum absolute atomic E-state index is 11.5. The van der Waals surface area contributed by atoms with Crippen molar-refractivity contribution in [1.82, 2.24) is 4.98 Å². The van der Waals surface area contributed by atoms with Gasteiger partial charge in [0, 0.05) is 11.1 Å². The predicted molar refractivity (Wildman–Crippen MR) is 92.8 cm³/mol. The van der Waals surface area contributed by atoms with Crippen molar-refractivity contribution in [2.24, 2.45) is 5.73 Å². The fourth-order valence-corrected chi connectivity index (χ4v) is 3.46. The van der Waals surface area contributed by atoms with E-state index in [2.05, 4.69) is 18.8 Å². The van der Waals surface area contributed by atoms with E-state index < -0.39 is 5.91 Å². The lowest BCUT2D eigenvalue weighted by molar-refractivity contribution is 0.0996. The number of phenols is 1. The largest absolute Gasteiger partial charge is 0.508 e. The molecule has 1 heterocycles. The maximum atomic E-state index is 11.5. The van der Waals surface area contributed by atoms with Crippen LogP contribution in [0.2, 0.25) is 0 Å². The molecule has 4 N–H and O–H groups in total. The van der Waals surface area contributed by atoms with Gasteiger partial charge < -0.3 is 15.8 Å². The number of aromatic nitrogens is 1. The Morgan fingerprint density at radius 3 is 2.30 bits per heavy atom. The van der Waals surface area contributed by atoms with Gasteiger partial charge in [-0.3, -0.25) is 4.79 Å². The molecule has 0 atom stereocenters. The van der Waals surface area contributed by atoms with Crippen molar-refractivity contribution >= 4 is 5.91 Å². The number of carbonyl (C=O) groups is 1. The molecule has 4 nitrogen and oxygen atoms in total. The van der Waals surface area contributed by atoms with Crippen molar-refractivity contribution in [3.05, 3.63) is 52.8 Å². The van der Waals surface area contributed by atoms with Gasteiger partial charge in [0.2, 0.25) is 0 Å². The molecule has 0 aliphatic heterocycles. The number of carbonyl (C=O) groups excluding carboxylic acids is 1. The number of H-pyrrole nitrogens is 1. The summed E-state index contributed by atoms with van der Waals surface area (Å²) in [5.41, 5.74) is 8.67. The molecule has 0 saturated heterocycles. The lowest BCUT2D eigenvalue weighted by Crippen LogP contribution is -2.28. The molecule has 0 aliphatic carbocycles. The number of amides is 1. The number of nitrogens with one attached hydrogen (secondary N) is 1. The topological polar surface area (TPSA) is 79.1 Å². The zero-order valence-corrected chi connectivity index (χ0v) is 14.1. The molecule has 0 radical (unpaired) electrons.